The first-order chi connectivity index (χ1) is 11.8. The van der Waals surface area contributed by atoms with Crippen LogP contribution in [0.15, 0.2) is 0 Å². The average Bonchev–Trinajstić information content (AvgIpc) is 2.50. The summed E-state index contributed by atoms with van der Waals surface area (Å²) in [6, 6.07) is -0.0993. The molecule has 0 saturated heterocycles. The van der Waals surface area contributed by atoms with Gasteiger partial charge in [0.15, 0.2) is 0 Å². The molecule has 0 aliphatic carbocycles. The molecule has 25 heavy (non-hydrogen) atoms. The monoisotopic (exact) mass is 392 g/mol. The zero-order chi connectivity index (χ0) is 19.2. The molecule has 0 aliphatic heterocycles. The third-order valence-electron chi connectivity index (χ3n) is 3.47. The van der Waals surface area contributed by atoms with E-state index in [0.717, 1.165) is 0 Å². The van der Waals surface area contributed by atoms with Gasteiger partial charge in [0.05, 0.1) is 22.2 Å². The minimum Gasteiger partial charge on any atom is -0.481 e. The molecule has 0 aromatic carbocycles. The third-order valence-corrected chi connectivity index (χ3v) is 4.06. The van der Waals surface area contributed by atoms with Crippen LogP contribution in [0.3, 0.4) is 0 Å². The van der Waals surface area contributed by atoms with E-state index in [1.165, 1.54) is 0 Å². The van der Waals surface area contributed by atoms with Gasteiger partial charge in [-0.3, -0.25) is 4.79 Å². The number of hydrogen-bond donors (Lipinski definition) is 3. The van der Waals surface area contributed by atoms with Crippen LogP contribution in [0.2, 0.25) is 0 Å². The van der Waals surface area contributed by atoms with E-state index in [-0.39, 0.29) is 24.7 Å². The Kier molecular flexibility index (Phi) is 13.9. The topological polar surface area (TPSA) is 79.8 Å². The molecule has 0 fully saturated rings. The van der Waals surface area contributed by atoms with E-state index >= 15 is 0 Å². The van der Waals surface area contributed by atoms with Crippen molar-refractivity contribution in [3.05, 3.63) is 0 Å². The first-order valence-corrected chi connectivity index (χ1v) is 9.61. The second-order valence-corrected chi connectivity index (χ2v) is 6.93. The van der Waals surface area contributed by atoms with Crippen molar-refractivity contribution in [3.63, 3.8) is 0 Å². The van der Waals surface area contributed by atoms with Gasteiger partial charge in [0.1, 0.15) is 0 Å². The molecule has 0 aromatic heterocycles. The van der Waals surface area contributed by atoms with Crippen molar-refractivity contribution in [3.8, 4) is 0 Å². The number of thiocarbonyl (C=S) groups is 2. The fourth-order valence-electron chi connectivity index (χ4n) is 2.33. The van der Waals surface area contributed by atoms with Gasteiger partial charge in [-0.2, -0.15) is 0 Å². The highest BCUT2D eigenvalue weighted by atomic mass is 32.1. The number of nitrogens with one attached hydrogen (secondary N) is 2. The van der Waals surface area contributed by atoms with Crippen LogP contribution in [0, 0.1) is 0 Å². The van der Waals surface area contributed by atoms with Gasteiger partial charge in [-0.05, 0) is 34.1 Å². The molecule has 0 aromatic rings. The molecule has 146 valence electrons. The van der Waals surface area contributed by atoms with Gasteiger partial charge in [-0.25, -0.2) is 0 Å². The zero-order valence-corrected chi connectivity index (χ0v) is 17.3. The number of aliphatic carboxylic acids is 1. The van der Waals surface area contributed by atoms with Crippen molar-refractivity contribution in [2.75, 3.05) is 19.8 Å². The smallest absolute Gasteiger partial charge is 0.303 e. The molecule has 0 spiro atoms. The minimum absolute atomic E-state index is 0.0335. The van der Waals surface area contributed by atoms with Crippen LogP contribution in [0.5, 0.6) is 0 Å². The fraction of sp³-hybridized carbons (Fsp3) is 0.824. The van der Waals surface area contributed by atoms with E-state index in [1.54, 1.807) is 0 Å². The Morgan fingerprint density at radius 3 is 2.04 bits per heavy atom. The van der Waals surface area contributed by atoms with Gasteiger partial charge < -0.3 is 25.2 Å². The third kappa shape index (κ3) is 14.1. The van der Waals surface area contributed by atoms with Crippen LogP contribution in [-0.4, -0.2) is 59.1 Å². The summed E-state index contributed by atoms with van der Waals surface area (Å²) in [7, 11) is 0. The molecule has 3 N–H and O–H groups in total. The van der Waals surface area contributed by atoms with Gasteiger partial charge in [0.25, 0.3) is 0 Å². The Morgan fingerprint density at radius 1 is 1.04 bits per heavy atom. The Bertz CT molecular complexity index is 421. The number of carboxylic acid groups (broad SMARTS) is 1. The second kappa shape index (κ2) is 14.4. The zero-order valence-electron chi connectivity index (χ0n) is 15.7. The van der Waals surface area contributed by atoms with Crippen molar-refractivity contribution >= 4 is 40.4 Å². The Balaban J connectivity index is 4.43. The van der Waals surface area contributed by atoms with Gasteiger partial charge in [0.2, 0.25) is 0 Å². The maximum atomic E-state index is 10.9. The lowest BCUT2D eigenvalue weighted by molar-refractivity contribution is -0.137. The summed E-state index contributed by atoms with van der Waals surface area (Å²) in [6.45, 7) is 9.64. The molecule has 0 saturated carbocycles. The highest BCUT2D eigenvalue weighted by Gasteiger charge is 2.15. The maximum absolute atomic E-state index is 10.9. The molecule has 3 unspecified atom stereocenters. The van der Waals surface area contributed by atoms with E-state index < -0.39 is 5.97 Å². The maximum Gasteiger partial charge on any atom is 0.303 e. The van der Waals surface area contributed by atoms with Gasteiger partial charge in [-0.1, -0.05) is 24.4 Å². The summed E-state index contributed by atoms with van der Waals surface area (Å²) >= 11 is 10.7. The molecule has 0 aliphatic rings. The Morgan fingerprint density at radius 2 is 1.56 bits per heavy atom. The number of carboxylic acids is 1. The molecule has 0 heterocycles. The predicted molar refractivity (Wildman–Crippen MR) is 108 cm³/mol. The van der Waals surface area contributed by atoms with Crippen LogP contribution in [0.25, 0.3) is 0 Å². The molecule has 0 amide bonds. The lowest BCUT2D eigenvalue weighted by Crippen LogP contribution is -2.44. The quantitative estimate of drug-likeness (QED) is 0.389. The summed E-state index contributed by atoms with van der Waals surface area (Å²) in [6.07, 6.45) is 1.88. The van der Waals surface area contributed by atoms with Gasteiger partial charge in [0, 0.05) is 45.1 Å². The number of hydrogen-bond acceptors (Lipinski definition) is 5. The lowest BCUT2D eigenvalue weighted by atomic mass is 10.1. The highest BCUT2D eigenvalue weighted by Crippen LogP contribution is 2.04. The summed E-state index contributed by atoms with van der Waals surface area (Å²) in [5, 5.41) is 15.3. The molecule has 0 radical (unpaired) electrons. The number of ether oxygens (including phenoxy) is 2. The normalized spacial score (nSPS) is 14.4. The largest absolute Gasteiger partial charge is 0.481 e. The van der Waals surface area contributed by atoms with Crippen molar-refractivity contribution in [1.82, 2.24) is 10.6 Å². The van der Waals surface area contributed by atoms with Crippen molar-refractivity contribution < 1.29 is 19.4 Å². The minimum atomic E-state index is -0.826. The SMILES string of the molecule is CCOC(C)CC(=S)NCC(CCC(=O)O)NC(=S)CC(C)OCC. The van der Waals surface area contributed by atoms with Crippen molar-refractivity contribution in [2.24, 2.45) is 0 Å². The van der Waals surface area contributed by atoms with Gasteiger partial charge >= 0.3 is 5.97 Å². The van der Waals surface area contributed by atoms with E-state index in [4.69, 9.17) is 39.0 Å². The molecule has 8 heteroatoms. The van der Waals surface area contributed by atoms with E-state index in [1.807, 2.05) is 27.7 Å². The lowest BCUT2D eigenvalue weighted by Gasteiger charge is -2.23. The average molecular weight is 393 g/mol. The standard InChI is InChI=1S/C17H32N2O4S2/c1-5-22-12(3)9-15(24)18-11-14(7-8-17(20)21)19-16(25)10-13(4)23-6-2/h12-14H,5-11H2,1-4H3,(H,18,24)(H,19,25)(H,20,21). The van der Waals surface area contributed by atoms with Crippen LogP contribution in [0.4, 0.5) is 0 Å². The molecular weight excluding hydrogens is 360 g/mol. The summed E-state index contributed by atoms with van der Waals surface area (Å²) in [5.41, 5.74) is 0. The molecule has 3 atom stereocenters. The summed E-state index contributed by atoms with van der Waals surface area (Å²) < 4.78 is 11.0. The first kappa shape index (κ1) is 24.2. The van der Waals surface area contributed by atoms with E-state index in [2.05, 4.69) is 10.6 Å². The fourth-order valence-corrected chi connectivity index (χ4v) is 3.05. The molecule has 0 bridgehead atoms. The molecule has 0 rings (SSSR count). The summed E-state index contributed by atoms with van der Waals surface area (Å²) in [5.74, 6) is -0.826. The van der Waals surface area contributed by atoms with E-state index in [0.29, 0.717) is 49.0 Å². The number of rotatable bonds is 14. The Hall–Kier alpha value is -0.830. The predicted octanol–water partition coefficient (Wildman–Crippen LogP) is 2.68. The van der Waals surface area contributed by atoms with Crippen molar-refractivity contribution in [1.29, 1.82) is 0 Å². The van der Waals surface area contributed by atoms with Crippen LogP contribution in [0.1, 0.15) is 53.4 Å². The molecular formula is C17H32N2O4S2. The van der Waals surface area contributed by atoms with Crippen LogP contribution < -0.4 is 10.6 Å². The van der Waals surface area contributed by atoms with E-state index in [9.17, 15) is 4.79 Å². The van der Waals surface area contributed by atoms with Crippen LogP contribution in [-0.2, 0) is 14.3 Å². The van der Waals surface area contributed by atoms with Crippen molar-refractivity contribution in [2.45, 2.75) is 71.6 Å². The van der Waals surface area contributed by atoms with Gasteiger partial charge in [-0.15, -0.1) is 0 Å². The van der Waals surface area contributed by atoms with Crippen LogP contribution >= 0.6 is 24.4 Å². The number of carbonyl (C=O) groups is 1. The second-order valence-electron chi connectivity index (χ2n) is 5.94. The molecule has 6 nitrogen and oxygen atoms in total. The highest BCUT2D eigenvalue weighted by molar-refractivity contribution is 7.80. The Labute approximate surface area is 162 Å². The summed E-state index contributed by atoms with van der Waals surface area (Å²) in [4.78, 5) is 12.2. The first-order valence-electron chi connectivity index (χ1n) is 8.79.